The Morgan fingerprint density at radius 1 is 0.500 bits per heavy atom. The monoisotopic (exact) mass is 394 g/mol. The number of halogens is 3. The Kier molecular flexibility index (Phi) is 206. The van der Waals surface area contributed by atoms with Crippen molar-refractivity contribution in [1.82, 2.24) is 0 Å². The SMILES string of the molecule is [Cl-].[Cl-].[Cl-].[Cs+].[Cs+].[Na+]. The fourth-order valence-electron chi connectivity index (χ4n) is 0. The van der Waals surface area contributed by atoms with Crippen LogP contribution in [0.1, 0.15) is 0 Å². The molecule has 0 aliphatic carbocycles. The Morgan fingerprint density at radius 3 is 0.500 bits per heavy atom. The minimum atomic E-state index is 0. The van der Waals surface area contributed by atoms with Crippen molar-refractivity contribution in [2.75, 3.05) is 0 Å². The van der Waals surface area contributed by atoms with Crippen LogP contribution in [0.2, 0.25) is 0 Å². The van der Waals surface area contributed by atoms with E-state index >= 15 is 0 Å². The zero-order valence-electron chi connectivity index (χ0n) is 4.13. The topological polar surface area (TPSA) is 0 Å². The van der Waals surface area contributed by atoms with Crippen molar-refractivity contribution in [3.05, 3.63) is 0 Å². The second-order valence-electron chi connectivity index (χ2n) is 0. The Labute approximate surface area is 197 Å². The summed E-state index contributed by atoms with van der Waals surface area (Å²) in [5.41, 5.74) is 0. The minimum Gasteiger partial charge on any atom is -1.00 e. The molecule has 0 N–H and O–H groups in total. The van der Waals surface area contributed by atoms with Crippen molar-refractivity contribution >= 4 is 0 Å². The molecule has 0 rings (SSSR count). The molecule has 0 heterocycles. The first-order valence-corrected chi connectivity index (χ1v) is 0. The van der Waals surface area contributed by atoms with E-state index in [-0.39, 0.29) is 205 Å². The van der Waals surface area contributed by atoms with Crippen molar-refractivity contribution in [3.63, 3.8) is 0 Å². The third-order valence-electron chi connectivity index (χ3n) is 0. The van der Waals surface area contributed by atoms with E-state index in [4.69, 9.17) is 0 Å². The van der Waals surface area contributed by atoms with E-state index < -0.39 is 0 Å². The van der Waals surface area contributed by atoms with Crippen molar-refractivity contribution in [1.29, 1.82) is 0 Å². The predicted molar refractivity (Wildman–Crippen MR) is 0 cm³/mol. The summed E-state index contributed by atoms with van der Waals surface area (Å²) in [6.07, 6.45) is 0. The quantitative estimate of drug-likeness (QED) is 0.358. The minimum absolute atomic E-state index is 0. The van der Waals surface area contributed by atoms with Crippen molar-refractivity contribution in [2.45, 2.75) is 0 Å². The normalized spacial score (nSPS) is 0. The number of hydrogen-bond donors (Lipinski definition) is 0. The molecule has 0 aliphatic heterocycles. The van der Waals surface area contributed by atoms with Gasteiger partial charge in [0.15, 0.2) is 0 Å². The third kappa shape index (κ3) is 22.5. The zero-order chi connectivity index (χ0) is 0. The summed E-state index contributed by atoms with van der Waals surface area (Å²) in [5.74, 6) is 0. The molecule has 0 aromatic heterocycles. The predicted octanol–water partition coefficient (Wildman–Crippen LogP) is -18.0. The van der Waals surface area contributed by atoms with Crippen molar-refractivity contribution in [3.8, 4) is 0 Å². The van der Waals surface area contributed by atoms with E-state index in [0.29, 0.717) is 0 Å². The van der Waals surface area contributed by atoms with E-state index in [1.54, 1.807) is 0 Å². The maximum Gasteiger partial charge on any atom is 1.00 e. The molecule has 0 aliphatic rings. The number of hydrogen-bond acceptors (Lipinski definition) is 0. The van der Waals surface area contributed by atoms with Crippen LogP contribution >= 0.6 is 0 Å². The summed E-state index contributed by atoms with van der Waals surface area (Å²) in [6.45, 7) is 0. The van der Waals surface area contributed by atoms with Crippen molar-refractivity contribution in [2.24, 2.45) is 0 Å². The van der Waals surface area contributed by atoms with Crippen LogP contribution in [-0.2, 0) is 0 Å². The average molecular weight is 395 g/mol. The van der Waals surface area contributed by atoms with Crippen LogP contribution in [-0.4, -0.2) is 0 Å². The maximum absolute atomic E-state index is 0. The molecule has 0 aromatic rings. The van der Waals surface area contributed by atoms with Crippen LogP contribution < -0.4 is 205 Å². The molecule has 0 fully saturated rings. The van der Waals surface area contributed by atoms with Gasteiger partial charge in [0, 0.05) is 0 Å². The molecule has 6 heavy (non-hydrogen) atoms. The average Bonchev–Trinajstić information content (AvgIpc) is 0. The van der Waals surface area contributed by atoms with Gasteiger partial charge in [0.1, 0.15) is 0 Å². The summed E-state index contributed by atoms with van der Waals surface area (Å²) >= 11 is 0. The first-order chi connectivity index (χ1) is 0. The molecule has 0 spiro atoms. The van der Waals surface area contributed by atoms with Gasteiger partial charge in [0.25, 0.3) is 0 Å². The molecule has 24 valence electrons. The first kappa shape index (κ1) is 40.4. The molecule has 0 amide bonds. The molecule has 0 unspecified atom stereocenters. The largest absolute Gasteiger partial charge is 1.00 e. The van der Waals surface area contributed by atoms with Gasteiger partial charge in [0.05, 0.1) is 0 Å². The van der Waals surface area contributed by atoms with E-state index in [9.17, 15) is 0 Å². The molecule has 0 saturated heterocycles. The number of rotatable bonds is 0. The van der Waals surface area contributed by atoms with Crippen molar-refractivity contribution < 1.29 is 205 Å². The van der Waals surface area contributed by atoms with Gasteiger partial charge in [-0.3, -0.25) is 0 Å². The molecular weight excluding hydrogens is 395 g/mol. The molecule has 6 heteroatoms. The Morgan fingerprint density at radius 2 is 0.500 bits per heavy atom. The van der Waals surface area contributed by atoms with Gasteiger partial charge >= 0.3 is 167 Å². The second kappa shape index (κ2) is 30.6. The van der Waals surface area contributed by atoms with Crippen LogP contribution in [0.3, 0.4) is 0 Å². The zero-order valence-corrected chi connectivity index (χ0v) is 21.0. The summed E-state index contributed by atoms with van der Waals surface area (Å²) in [5, 5.41) is 0. The molecule has 0 saturated carbocycles. The summed E-state index contributed by atoms with van der Waals surface area (Å²) in [7, 11) is 0. The van der Waals surface area contributed by atoms with Crippen LogP contribution in [0.15, 0.2) is 0 Å². The van der Waals surface area contributed by atoms with Crippen LogP contribution in [0.25, 0.3) is 0 Å². The molecular formula is Cl3Cs2Na. The van der Waals surface area contributed by atoms with Gasteiger partial charge in [0.2, 0.25) is 0 Å². The van der Waals surface area contributed by atoms with Crippen LogP contribution in [0.5, 0.6) is 0 Å². The maximum atomic E-state index is 0. The summed E-state index contributed by atoms with van der Waals surface area (Å²) in [4.78, 5) is 0. The first-order valence-electron chi connectivity index (χ1n) is 0. The summed E-state index contributed by atoms with van der Waals surface area (Å²) in [6, 6.07) is 0. The summed E-state index contributed by atoms with van der Waals surface area (Å²) < 4.78 is 0. The standard InChI is InChI=1S/3ClH.2Cs.Na/h3*1H;;;/q;;;3*+1/p-3. The fourth-order valence-corrected chi connectivity index (χ4v) is 0. The molecule has 0 aromatic carbocycles. The van der Waals surface area contributed by atoms with E-state index in [1.165, 1.54) is 0 Å². The van der Waals surface area contributed by atoms with Gasteiger partial charge in [-0.05, 0) is 0 Å². The Balaban J connectivity index is 0. The molecule has 0 radical (unpaired) electrons. The van der Waals surface area contributed by atoms with Crippen LogP contribution in [0.4, 0.5) is 0 Å². The van der Waals surface area contributed by atoms with Gasteiger partial charge in [-0.15, -0.1) is 0 Å². The Hall–Kier alpha value is 5.97. The van der Waals surface area contributed by atoms with Gasteiger partial charge in [-0.1, -0.05) is 0 Å². The van der Waals surface area contributed by atoms with E-state index in [2.05, 4.69) is 0 Å². The molecule has 0 nitrogen and oxygen atoms in total. The Bertz CT molecular complexity index is 8.75. The molecule has 0 atom stereocenters. The van der Waals surface area contributed by atoms with Crippen LogP contribution in [0, 0.1) is 0 Å². The van der Waals surface area contributed by atoms with Gasteiger partial charge < -0.3 is 37.2 Å². The smallest absolute Gasteiger partial charge is 1.00 e. The van der Waals surface area contributed by atoms with Gasteiger partial charge in [-0.25, -0.2) is 0 Å². The van der Waals surface area contributed by atoms with E-state index in [0.717, 1.165) is 0 Å². The fraction of sp³-hybridized carbons (Fsp3) is 0. The van der Waals surface area contributed by atoms with E-state index in [1.807, 2.05) is 0 Å². The molecule has 0 bridgehead atoms. The second-order valence-corrected chi connectivity index (χ2v) is 0. The third-order valence-corrected chi connectivity index (χ3v) is 0. The van der Waals surface area contributed by atoms with Gasteiger partial charge in [-0.2, -0.15) is 0 Å².